The average Bonchev–Trinajstić information content (AvgIpc) is 2.44. The molecule has 4 nitrogen and oxygen atoms in total. The Balaban J connectivity index is 2.15. The summed E-state index contributed by atoms with van der Waals surface area (Å²) in [6.45, 7) is 0.621. The smallest absolute Gasteiger partial charge is 0.387 e. The number of aryl methyl sites for hydroxylation is 2. The average molecular weight is 337 g/mol. The summed E-state index contributed by atoms with van der Waals surface area (Å²) in [5.74, 6) is -0.893. The molecule has 0 aliphatic heterocycles. The van der Waals surface area contributed by atoms with Crippen LogP contribution in [0.3, 0.4) is 0 Å². The highest BCUT2D eigenvalue weighted by molar-refractivity contribution is 5.92. The van der Waals surface area contributed by atoms with Crippen LogP contribution in [-0.4, -0.2) is 12.6 Å². The predicted molar refractivity (Wildman–Crippen MR) is 87.9 cm³/mol. The second-order valence-corrected chi connectivity index (χ2v) is 5.30. The largest absolute Gasteiger partial charge is 0.434 e. The number of nitrogens with two attached hydrogens (primary N) is 1. The molecule has 0 aromatic heterocycles. The molecule has 3 N–H and O–H groups in total. The standard InChI is InChI=1S/C17H18F3N3O/c1-10-6-11(2)8-12(7-10)23-17(21)22-9-13-14(18)4-3-5-15(13)24-16(19)20/h3-8,16H,9H2,1-2H3,(H3,21,22,23). The summed E-state index contributed by atoms with van der Waals surface area (Å²) in [5, 5.41) is 2.89. The van der Waals surface area contributed by atoms with Crippen LogP contribution in [0, 0.1) is 19.7 Å². The Morgan fingerprint density at radius 1 is 1.21 bits per heavy atom. The Morgan fingerprint density at radius 3 is 2.50 bits per heavy atom. The summed E-state index contributed by atoms with van der Waals surface area (Å²) in [4.78, 5) is 4.00. The van der Waals surface area contributed by atoms with Gasteiger partial charge in [-0.05, 0) is 49.2 Å². The molecule has 0 radical (unpaired) electrons. The van der Waals surface area contributed by atoms with Crippen molar-refractivity contribution in [1.82, 2.24) is 0 Å². The Hall–Kier alpha value is -2.70. The van der Waals surface area contributed by atoms with Gasteiger partial charge < -0.3 is 15.8 Å². The minimum Gasteiger partial charge on any atom is -0.434 e. The lowest BCUT2D eigenvalue weighted by atomic mass is 10.1. The third-order valence-electron chi connectivity index (χ3n) is 3.19. The first kappa shape index (κ1) is 17.7. The van der Waals surface area contributed by atoms with E-state index in [1.807, 2.05) is 32.0 Å². The molecule has 24 heavy (non-hydrogen) atoms. The van der Waals surface area contributed by atoms with Crippen LogP contribution in [0.2, 0.25) is 0 Å². The molecule has 0 saturated heterocycles. The summed E-state index contributed by atoms with van der Waals surface area (Å²) in [6, 6.07) is 9.46. The third kappa shape index (κ3) is 4.91. The number of nitrogens with one attached hydrogen (secondary N) is 1. The summed E-state index contributed by atoms with van der Waals surface area (Å²) in [6.07, 6.45) is 0. The normalized spacial score (nSPS) is 11.7. The first-order valence-corrected chi connectivity index (χ1v) is 7.22. The van der Waals surface area contributed by atoms with E-state index in [0.29, 0.717) is 0 Å². The van der Waals surface area contributed by atoms with E-state index in [0.717, 1.165) is 22.9 Å². The molecule has 0 atom stereocenters. The molecule has 2 aromatic rings. The zero-order valence-corrected chi connectivity index (χ0v) is 13.3. The van der Waals surface area contributed by atoms with E-state index in [1.54, 1.807) is 0 Å². The molecule has 128 valence electrons. The van der Waals surface area contributed by atoms with Gasteiger partial charge in [-0.15, -0.1) is 0 Å². The van der Waals surface area contributed by atoms with Gasteiger partial charge >= 0.3 is 6.61 Å². The summed E-state index contributed by atoms with van der Waals surface area (Å²) < 4.78 is 42.9. The van der Waals surface area contributed by atoms with Crippen LogP contribution in [0.25, 0.3) is 0 Å². The first-order valence-electron chi connectivity index (χ1n) is 7.22. The van der Waals surface area contributed by atoms with Crippen LogP contribution in [-0.2, 0) is 6.54 Å². The first-order chi connectivity index (χ1) is 11.3. The van der Waals surface area contributed by atoms with Crippen molar-refractivity contribution >= 4 is 11.6 Å². The zero-order valence-electron chi connectivity index (χ0n) is 13.3. The molecule has 0 aliphatic rings. The lowest BCUT2D eigenvalue weighted by Crippen LogP contribution is -2.22. The minimum absolute atomic E-state index is 0.0475. The minimum atomic E-state index is -3.04. The number of nitrogens with zero attached hydrogens (tertiary/aromatic N) is 1. The number of ether oxygens (including phenoxy) is 1. The second-order valence-electron chi connectivity index (χ2n) is 5.30. The Bertz CT molecular complexity index is 728. The van der Waals surface area contributed by atoms with Gasteiger partial charge in [0.25, 0.3) is 0 Å². The fraction of sp³-hybridized carbons (Fsp3) is 0.235. The fourth-order valence-corrected chi connectivity index (χ4v) is 2.30. The summed E-state index contributed by atoms with van der Waals surface area (Å²) in [5.41, 5.74) is 8.54. The molecule has 0 spiro atoms. The summed E-state index contributed by atoms with van der Waals surface area (Å²) in [7, 11) is 0. The number of alkyl halides is 2. The summed E-state index contributed by atoms with van der Waals surface area (Å²) >= 11 is 0. The van der Waals surface area contributed by atoms with Crippen molar-refractivity contribution in [3.8, 4) is 5.75 Å². The number of aliphatic imine (C=N–C) groups is 1. The number of hydrogen-bond acceptors (Lipinski definition) is 2. The molecular formula is C17H18F3N3O. The molecule has 0 unspecified atom stereocenters. The number of guanidine groups is 1. The molecular weight excluding hydrogens is 319 g/mol. The van der Waals surface area contributed by atoms with Gasteiger partial charge in [-0.3, -0.25) is 0 Å². The van der Waals surface area contributed by atoms with Crippen molar-refractivity contribution < 1.29 is 17.9 Å². The highest BCUT2D eigenvalue weighted by Crippen LogP contribution is 2.24. The van der Waals surface area contributed by atoms with Gasteiger partial charge in [0.2, 0.25) is 0 Å². The van der Waals surface area contributed by atoms with Crippen molar-refractivity contribution in [3.05, 3.63) is 58.9 Å². The van der Waals surface area contributed by atoms with Gasteiger partial charge in [0.05, 0.1) is 12.1 Å². The molecule has 0 saturated carbocycles. The molecule has 0 bridgehead atoms. The van der Waals surface area contributed by atoms with Gasteiger partial charge in [-0.1, -0.05) is 12.1 Å². The number of anilines is 1. The van der Waals surface area contributed by atoms with Gasteiger partial charge in [0, 0.05) is 5.69 Å². The molecule has 0 aliphatic carbocycles. The number of rotatable bonds is 5. The number of benzene rings is 2. The van der Waals surface area contributed by atoms with Gasteiger partial charge in [-0.2, -0.15) is 8.78 Å². The topological polar surface area (TPSA) is 59.6 Å². The SMILES string of the molecule is Cc1cc(C)cc(NC(N)=NCc2c(F)cccc2OC(F)F)c1. The van der Waals surface area contributed by atoms with E-state index >= 15 is 0 Å². The third-order valence-corrected chi connectivity index (χ3v) is 3.19. The van der Waals surface area contributed by atoms with Crippen LogP contribution in [0.5, 0.6) is 5.75 Å². The van der Waals surface area contributed by atoms with Gasteiger partial charge in [0.1, 0.15) is 11.6 Å². The van der Waals surface area contributed by atoms with Gasteiger partial charge in [-0.25, -0.2) is 9.38 Å². The van der Waals surface area contributed by atoms with Crippen molar-refractivity contribution in [1.29, 1.82) is 0 Å². The van der Waals surface area contributed by atoms with E-state index in [1.165, 1.54) is 12.1 Å². The highest BCUT2D eigenvalue weighted by atomic mass is 19.3. The molecule has 2 rings (SSSR count). The van der Waals surface area contributed by atoms with Crippen molar-refractivity contribution in [2.24, 2.45) is 10.7 Å². The van der Waals surface area contributed by atoms with Crippen LogP contribution >= 0.6 is 0 Å². The monoisotopic (exact) mass is 337 g/mol. The lowest BCUT2D eigenvalue weighted by Gasteiger charge is -2.11. The van der Waals surface area contributed by atoms with Crippen LogP contribution < -0.4 is 15.8 Å². The fourth-order valence-electron chi connectivity index (χ4n) is 2.30. The lowest BCUT2D eigenvalue weighted by molar-refractivity contribution is -0.0506. The maximum Gasteiger partial charge on any atom is 0.387 e. The quantitative estimate of drug-likeness (QED) is 0.641. The molecule has 0 heterocycles. The highest BCUT2D eigenvalue weighted by Gasteiger charge is 2.13. The van der Waals surface area contributed by atoms with Crippen molar-refractivity contribution in [2.45, 2.75) is 27.0 Å². The van der Waals surface area contributed by atoms with Crippen molar-refractivity contribution in [2.75, 3.05) is 5.32 Å². The molecule has 0 amide bonds. The predicted octanol–water partition coefficient (Wildman–Crippen LogP) is 3.97. The molecule has 0 fully saturated rings. The Kier molecular flexibility index (Phi) is 5.68. The number of hydrogen-bond donors (Lipinski definition) is 2. The van der Waals surface area contributed by atoms with Crippen LogP contribution in [0.15, 0.2) is 41.4 Å². The Labute approximate surface area is 138 Å². The second kappa shape index (κ2) is 7.72. The molecule has 7 heteroatoms. The van der Waals surface area contributed by atoms with E-state index in [9.17, 15) is 13.2 Å². The van der Waals surface area contributed by atoms with E-state index in [4.69, 9.17) is 5.73 Å². The van der Waals surface area contributed by atoms with E-state index in [2.05, 4.69) is 15.0 Å². The van der Waals surface area contributed by atoms with Crippen LogP contribution in [0.4, 0.5) is 18.9 Å². The van der Waals surface area contributed by atoms with E-state index in [-0.39, 0.29) is 23.8 Å². The number of halogens is 3. The van der Waals surface area contributed by atoms with E-state index < -0.39 is 12.4 Å². The van der Waals surface area contributed by atoms with Crippen LogP contribution in [0.1, 0.15) is 16.7 Å². The van der Waals surface area contributed by atoms with Gasteiger partial charge in [0.15, 0.2) is 5.96 Å². The maximum atomic E-state index is 13.8. The Morgan fingerprint density at radius 2 is 1.88 bits per heavy atom. The zero-order chi connectivity index (χ0) is 17.7. The maximum absolute atomic E-state index is 13.8. The molecule has 2 aromatic carbocycles. The van der Waals surface area contributed by atoms with Crippen molar-refractivity contribution in [3.63, 3.8) is 0 Å².